The highest BCUT2D eigenvalue weighted by molar-refractivity contribution is 5.93. The Morgan fingerprint density at radius 3 is 2.35 bits per heavy atom. The Morgan fingerprint density at radius 1 is 0.824 bits per heavy atom. The average molecular weight is 222 g/mol. The van der Waals surface area contributed by atoms with Crippen molar-refractivity contribution in [2.24, 2.45) is 0 Å². The molecule has 0 saturated carbocycles. The van der Waals surface area contributed by atoms with Crippen molar-refractivity contribution in [3.05, 3.63) is 59.9 Å². The number of hydrogen-bond donors (Lipinski definition) is 0. The van der Waals surface area contributed by atoms with E-state index < -0.39 is 0 Å². The molecule has 0 bridgehead atoms. The monoisotopic (exact) mass is 222 g/mol. The first-order valence-electron chi connectivity index (χ1n) is 5.79. The van der Waals surface area contributed by atoms with Gasteiger partial charge in [-0.15, -0.1) is 0 Å². The van der Waals surface area contributed by atoms with E-state index >= 15 is 0 Å². The molecule has 0 radical (unpaired) electrons. The number of furan rings is 1. The van der Waals surface area contributed by atoms with Crippen molar-refractivity contribution in [2.45, 2.75) is 13.8 Å². The largest absolute Gasteiger partial charge is 0.464 e. The molecule has 3 aromatic rings. The van der Waals surface area contributed by atoms with Crippen LogP contribution in [0.25, 0.3) is 22.1 Å². The summed E-state index contributed by atoms with van der Waals surface area (Å²) in [4.78, 5) is 0. The van der Waals surface area contributed by atoms with Gasteiger partial charge < -0.3 is 4.42 Å². The lowest BCUT2D eigenvalue weighted by atomic mass is 10.0. The van der Waals surface area contributed by atoms with E-state index in [1.54, 1.807) is 6.26 Å². The highest BCUT2D eigenvalue weighted by Crippen LogP contribution is 2.30. The second-order valence-corrected chi connectivity index (χ2v) is 4.52. The van der Waals surface area contributed by atoms with Crippen LogP contribution in [0, 0.1) is 13.8 Å². The maximum atomic E-state index is 5.59. The molecule has 0 amide bonds. The van der Waals surface area contributed by atoms with Gasteiger partial charge in [0.2, 0.25) is 0 Å². The maximum Gasteiger partial charge on any atom is 0.141 e. The van der Waals surface area contributed by atoms with Crippen molar-refractivity contribution in [3.63, 3.8) is 0 Å². The highest BCUT2D eigenvalue weighted by atomic mass is 16.3. The quantitative estimate of drug-likeness (QED) is 0.580. The van der Waals surface area contributed by atoms with Gasteiger partial charge in [0.1, 0.15) is 5.58 Å². The lowest BCUT2D eigenvalue weighted by Crippen LogP contribution is -1.82. The Kier molecular flexibility index (Phi) is 2.25. The van der Waals surface area contributed by atoms with Gasteiger partial charge in [-0.25, -0.2) is 0 Å². The Morgan fingerprint density at radius 2 is 1.59 bits per heavy atom. The van der Waals surface area contributed by atoms with Crippen molar-refractivity contribution in [1.82, 2.24) is 0 Å². The Labute approximate surface area is 101 Å². The molecule has 1 aromatic heterocycles. The van der Waals surface area contributed by atoms with Crippen LogP contribution in [0.1, 0.15) is 11.1 Å². The van der Waals surface area contributed by atoms with E-state index in [1.165, 1.54) is 27.6 Å². The molecular weight excluding hydrogens is 208 g/mol. The lowest BCUT2D eigenvalue weighted by Gasteiger charge is -2.05. The van der Waals surface area contributed by atoms with Crippen molar-refractivity contribution >= 4 is 11.0 Å². The summed E-state index contributed by atoms with van der Waals surface area (Å²) in [6, 6.07) is 14.9. The molecule has 0 aliphatic rings. The molecule has 0 unspecified atom stereocenters. The van der Waals surface area contributed by atoms with Crippen LogP contribution in [0.4, 0.5) is 0 Å². The Hall–Kier alpha value is -2.02. The molecule has 0 N–H and O–H groups in total. The number of aryl methyl sites for hydroxylation is 2. The summed E-state index contributed by atoms with van der Waals surface area (Å²) in [5.74, 6) is 0. The third-order valence-electron chi connectivity index (χ3n) is 3.06. The van der Waals surface area contributed by atoms with E-state index in [0.29, 0.717) is 0 Å². The van der Waals surface area contributed by atoms with Crippen LogP contribution in [-0.2, 0) is 0 Å². The fourth-order valence-electron chi connectivity index (χ4n) is 2.18. The van der Waals surface area contributed by atoms with E-state index in [2.05, 4.69) is 50.2 Å². The van der Waals surface area contributed by atoms with Gasteiger partial charge in [0.05, 0.1) is 6.26 Å². The summed E-state index contributed by atoms with van der Waals surface area (Å²) in [6.07, 6.45) is 1.75. The second-order valence-electron chi connectivity index (χ2n) is 4.52. The van der Waals surface area contributed by atoms with Crippen molar-refractivity contribution in [2.75, 3.05) is 0 Å². The summed E-state index contributed by atoms with van der Waals surface area (Å²) < 4.78 is 5.59. The van der Waals surface area contributed by atoms with Gasteiger partial charge in [0, 0.05) is 10.9 Å². The predicted molar refractivity (Wildman–Crippen MR) is 71.1 cm³/mol. The molecule has 84 valence electrons. The number of hydrogen-bond acceptors (Lipinski definition) is 1. The van der Waals surface area contributed by atoms with Crippen LogP contribution in [0.5, 0.6) is 0 Å². The standard InChI is InChI=1S/C16H14O/c1-11-3-5-13(6-4-11)15-10-12(2)9-14-7-8-17-16(14)15/h3-10H,1-2H3. The van der Waals surface area contributed by atoms with Gasteiger partial charge in [-0.1, -0.05) is 29.8 Å². The van der Waals surface area contributed by atoms with Gasteiger partial charge in [-0.3, -0.25) is 0 Å². The van der Waals surface area contributed by atoms with Gasteiger partial charge in [0.15, 0.2) is 0 Å². The highest BCUT2D eigenvalue weighted by Gasteiger charge is 2.07. The second kappa shape index (κ2) is 3.77. The fourth-order valence-corrected chi connectivity index (χ4v) is 2.18. The van der Waals surface area contributed by atoms with Gasteiger partial charge in [0.25, 0.3) is 0 Å². The first-order chi connectivity index (χ1) is 8.24. The van der Waals surface area contributed by atoms with Crippen LogP contribution in [0.2, 0.25) is 0 Å². The van der Waals surface area contributed by atoms with Crippen LogP contribution in [0.3, 0.4) is 0 Å². The molecule has 0 spiro atoms. The summed E-state index contributed by atoms with van der Waals surface area (Å²) in [6.45, 7) is 4.21. The topological polar surface area (TPSA) is 13.1 Å². The summed E-state index contributed by atoms with van der Waals surface area (Å²) in [5, 5.41) is 1.17. The molecule has 0 aliphatic heterocycles. The average Bonchev–Trinajstić information content (AvgIpc) is 2.77. The summed E-state index contributed by atoms with van der Waals surface area (Å²) >= 11 is 0. The minimum atomic E-state index is 0.972. The van der Waals surface area contributed by atoms with Crippen LogP contribution in [0.15, 0.2) is 53.1 Å². The molecule has 0 saturated heterocycles. The van der Waals surface area contributed by atoms with E-state index in [-0.39, 0.29) is 0 Å². The zero-order valence-corrected chi connectivity index (χ0v) is 10.0. The molecule has 1 nitrogen and oxygen atoms in total. The molecule has 0 aliphatic carbocycles. The SMILES string of the molecule is Cc1ccc(-c2cc(C)cc3ccoc23)cc1. The molecule has 0 atom stereocenters. The zero-order chi connectivity index (χ0) is 11.8. The van der Waals surface area contributed by atoms with Crippen molar-refractivity contribution in [1.29, 1.82) is 0 Å². The number of rotatable bonds is 1. The fraction of sp³-hybridized carbons (Fsp3) is 0.125. The summed E-state index contributed by atoms with van der Waals surface area (Å²) in [5.41, 5.74) is 5.88. The van der Waals surface area contributed by atoms with Crippen molar-refractivity contribution < 1.29 is 4.42 Å². The normalized spacial score (nSPS) is 10.9. The molecule has 3 rings (SSSR count). The van der Waals surface area contributed by atoms with E-state index in [9.17, 15) is 0 Å². The minimum absolute atomic E-state index is 0.972. The molecular formula is C16H14O. The van der Waals surface area contributed by atoms with E-state index in [4.69, 9.17) is 4.42 Å². The van der Waals surface area contributed by atoms with Gasteiger partial charge in [-0.2, -0.15) is 0 Å². The molecule has 1 heterocycles. The summed E-state index contributed by atoms with van der Waals surface area (Å²) in [7, 11) is 0. The molecule has 2 aromatic carbocycles. The minimum Gasteiger partial charge on any atom is -0.464 e. The third kappa shape index (κ3) is 1.74. The maximum absolute atomic E-state index is 5.59. The Balaban J connectivity index is 2.28. The predicted octanol–water partition coefficient (Wildman–Crippen LogP) is 4.72. The first-order valence-corrected chi connectivity index (χ1v) is 5.79. The number of benzene rings is 2. The molecule has 17 heavy (non-hydrogen) atoms. The van der Waals surface area contributed by atoms with Crippen molar-refractivity contribution in [3.8, 4) is 11.1 Å². The van der Waals surface area contributed by atoms with Crippen LogP contribution < -0.4 is 0 Å². The van der Waals surface area contributed by atoms with Crippen LogP contribution in [-0.4, -0.2) is 0 Å². The Bertz CT molecular complexity index is 660. The number of fused-ring (bicyclic) bond motifs is 1. The van der Waals surface area contributed by atoms with E-state index in [1.807, 2.05) is 6.07 Å². The zero-order valence-electron chi connectivity index (χ0n) is 10.0. The van der Waals surface area contributed by atoms with Gasteiger partial charge >= 0.3 is 0 Å². The lowest BCUT2D eigenvalue weighted by molar-refractivity contribution is 0.617. The molecule has 1 heteroatoms. The van der Waals surface area contributed by atoms with Crippen LogP contribution >= 0.6 is 0 Å². The third-order valence-corrected chi connectivity index (χ3v) is 3.06. The van der Waals surface area contributed by atoms with E-state index in [0.717, 1.165) is 5.58 Å². The van der Waals surface area contributed by atoms with Gasteiger partial charge in [-0.05, 0) is 43.2 Å². The smallest absolute Gasteiger partial charge is 0.141 e. The molecule has 0 fully saturated rings. The first kappa shape index (κ1) is 10.2.